The Balaban J connectivity index is 0.00000225. The molecule has 0 aliphatic carbocycles. The first-order valence-corrected chi connectivity index (χ1v) is 7.74. The van der Waals surface area contributed by atoms with Crippen molar-refractivity contribution in [3.05, 3.63) is 42.2 Å². The zero-order chi connectivity index (χ0) is 17.1. The van der Waals surface area contributed by atoms with Gasteiger partial charge in [0.25, 0.3) is 0 Å². The van der Waals surface area contributed by atoms with E-state index < -0.39 is 11.9 Å². The van der Waals surface area contributed by atoms with Crippen molar-refractivity contribution < 1.29 is 23.5 Å². The number of carbonyl (C=O) groups is 2. The molecule has 1 aliphatic heterocycles. The minimum absolute atomic E-state index is 0. The Morgan fingerprint density at radius 3 is 2.68 bits per heavy atom. The van der Waals surface area contributed by atoms with Gasteiger partial charge in [-0.2, -0.15) is 0 Å². The lowest BCUT2D eigenvalue weighted by atomic mass is 10.1. The number of carboxylic acids is 1. The molecular weight excluding hydrogens is 351 g/mol. The van der Waals surface area contributed by atoms with Crippen molar-refractivity contribution >= 4 is 24.3 Å². The van der Waals surface area contributed by atoms with E-state index in [2.05, 4.69) is 4.98 Å². The monoisotopic (exact) mass is 368 g/mol. The fraction of sp³-hybridized carbons (Fsp3) is 0.353. The van der Waals surface area contributed by atoms with Crippen molar-refractivity contribution in [3.63, 3.8) is 0 Å². The summed E-state index contributed by atoms with van der Waals surface area (Å²) >= 11 is 0. The minimum Gasteiger partial charge on any atom is -0.481 e. The molecule has 1 unspecified atom stereocenters. The van der Waals surface area contributed by atoms with Crippen molar-refractivity contribution in [2.75, 3.05) is 13.1 Å². The molecule has 1 aliphatic rings. The standard InChI is InChI=1S/C17H17FN2O4.ClH/c18-13-3-1-11(2-4-13)14-9-19-15(24-14)5-6-16(21)20-8-7-12(10-20)17(22)23;/h1-4,9,12H,5-8,10H2,(H,22,23);1H. The van der Waals surface area contributed by atoms with Crippen LogP contribution in [-0.2, 0) is 16.0 Å². The lowest BCUT2D eigenvalue weighted by molar-refractivity contribution is -0.141. The molecule has 1 aromatic carbocycles. The Hall–Kier alpha value is -2.41. The molecule has 1 aromatic heterocycles. The molecule has 0 spiro atoms. The highest BCUT2D eigenvalue weighted by atomic mass is 35.5. The van der Waals surface area contributed by atoms with E-state index in [0.29, 0.717) is 36.6 Å². The fourth-order valence-electron chi connectivity index (χ4n) is 2.73. The van der Waals surface area contributed by atoms with Gasteiger partial charge < -0.3 is 14.4 Å². The normalized spacial score (nSPS) is 16.5. The van der Waals surface area contributed by atoms with Crippen LogP contribution in [0.4, 0.5) is 4.39 Å². The number of aromatic nitrogens is 1. The molecular formula is C17H18ClFN2O4. The van der Waals surface area contributed by atoms with E-state index in [0.717, 1.165) is 0 Å². The van der Waals surface area contributed by atoms with Crippen LogP contribution in [0.3, 0.4) is 0 Å². The molecule has 2 aromatic rings. The van der Waals surface area contributed by atoms with E-state index in [9.17, 15) is 14.0 Å². The number of carboxylic acid groups (broad SMARTS) is 1. The maximum Gasteiger partial charge on any atom is 0.308 e. The first-order chi connectivity index (χ1) is 11.5. The van der Waals surface area contributed by atoms with Gasteiger partial charge in [-0.05, 0) is 30.7 Å². The van der Waals surface area contributed by atoms with E-state index in [4.69, 9.17) is 9.52 Å². The maximum atomic E-state index is 12.9. The molecule has 0 radical (unpaired) electrons. The van der Waals surface area contributed by atoms with E-state index in [1.165, 1.54) is 12.1 Å². The van der Waals surface area contributed by atoms with Gasteiger partial charge in [0.1, 0.15) is 5.82 Å². The SMILES string of the molecule is Cl.O=C(O)C1CCN(C(=O)CCc2ncc(-c3ccc(F)cc3)o2)C1. The van der Waals surface area contributed by atoms with Crippen LogP contribution in [0.2, 0.25) is 0 Å². The van der Waals surface area contributed by atoms with Gasteiger partial charge in [0.05, 0.1) is 12.1 Å². The third kappa shape index (κ3) is 4.57. The number of halogens is 2. The second-order valence-corrected chi connectivity index (χ2v) is 5.79. The van der Waals surface area contributed by atoms with Gasteiger partial charge in [-0.25, -0.2) is 9.37 Å². The second-order valence-electron chi connectivity index (χ2n) is 5.79. The summed E-state index contributed by atoms with van der Waals surface area (Å²) in [5, 5.41) is 8.96. The number of nitrogens with zero attached hydrogens (tertiary/aromatic N) is 2. The average molecular weight is 369 g/mol. The van der Waals surface area contributed by atoms with E-state index in [1.807, 2.05) is 0 Å². The zero-order valence-corrected chi connectivity index (χ0v) is 14.2. The van der Waals surface area contributed by atoms with Gasteiger partial charge in [0.2, 0.25) is 5.91 Å². The molecule has 134 valence electrons. The Morgan fingerprint density at radius 1 is 1.32 bits per heavy atom. The third-order valence-corrected chi connectivity index (χ3v) is 4.13. The summed E-state index contributed by atoms with van der Waals surface area (Å²) in [4.78, 5) is 28.7. The lowest BCUT2D eigenvalue weighted by Crippen LogP contribution is -2.30. The van der Waals surface area contributed by atoms with Crippen molar-refractivity contribution in [2.45, 2.75) is 19.3 Å². The van der Waals surface area contributed by atoms with Crippen LogP contribution in [0.15, 0.2) is 34.9 Å². The van der Waals surface area contributed by atoms with Crippen LogP contribution in [0.5, 0.6) is 0 Å². The van der Waals surface area contributed by atoms with Crippen LogP contribution < -0.4 is 0 Å². The molecule has 6 nitrogen and oxygen atoms in total. The summed E-state index contributed by atoms with van der Waals surface area (Å²) in [6.07, 6.45) is 2.60. The van der Waals surface area contributed by atoms with Gasteiger partial charge in [-0.1, -0.05) is 0 Å². The molecule has 1 N–H and O–H groups in total. The molecule has 1 atom stereocenters. The summed E-state index contributed by atoms with van der Waals surface area (Å²) in [6, 6.07) is 5.88. The number of hydrogen-bond donors (Lipinski definition) is 1. The number of benzene rings is 1. The minimum atomic E-state index is -0.859. The molecule has 25 heavy (non-hydrogen) atoms. The second kappa shape index (κ2) is 8.11. The van der Waals surface area contributed by atoms with Crippen molar-refractivity contribution in [3.8, 4) is 11.3 Å². The van der Waals surface area contributed by atoms with Crippen molar-refractivity contribution in [1.29, 1.82) is 0 Å². The Kier molecular flexibility index (Phi) is 6.14. The van der Waals surface area contributed by atoms with E-state index >= 15 is 0 Å². The van der Waals surface area contributed by atoms with Gasteiger partial charge in [-0.3, -0.25) is 9.59 Å². The summed E-state index contributed by atoms with van der Waals surface area (Å²) in [5.74, 6) is -0.807. The van der Waals surface area contributed by atoms with Crippen LogP contribution in [-0.4, -0.2) is 40.0 Å². The average Bonchev–Trinajstić information content (AvgIpc) is 3.23. The Morgan fingerprint density at radius 2 is 2.04 bits per heavy atom. The predicted molar refractivity (Wildman–Crippen MR) is 89.8 cm³/mol. The number of likely N-dealkylation sites (tertiary alicyclic amines) is 1. The molecule has 1 fully saturated rings. The van der Waals surface area contributed by atoms with Crippen LogP contribution in [0.25, 0.3) is 11.3 Å². The summed E-state index contributed by atoms with van der Waals surface area (Å²) in [6.45, 7) is 0.739. The smallest absolute Gasteiger partial charge is 0.308 e. The molecule has 3 rings (SSSR count). The summed E-state index contributed by atoms with van der Waals surface area (Å²) in [7, 11) is 0. The number of hydrogen-bond acceptors (Lipinski definition) is 4. The molecule has 8 heteroatoms. The Bertz CT molecular complexity index is 747. The number of oxazole rings is 1. The number of aryl methyl sites for hydroxylation is 1. The Labute approximate surface area is 150 Å². The van der Waals surface area contributed by atoms with Crippen LogP contribution >= 0.6 is 12.4 Å². The lowest BCUT2D eigenvalue weighted by Gasteiger charge is -2.14. The van der Waals surface area contributed by atoms with Gasteiger partial charge >= 0.3 is 5.97 Å². The van der Waals surface area contributed by atoms with Gasteiger partial charge in [-0.15, -0.1) is 12.4 Å². The number of carbonyl (C=O) groups excluding carboxylic acids is 1. The van der Waals surface area contributed by atoms with E-state index in [1.54, 1.807) is 23.2 Å². The first kappa shape index (κ1) is 18.9. The van der Waals surface area contributed by atoms with Gasteiger partial charge in [0, 0.05) is 31.5 Å². The molecule has 0 saturated carbocycles. The molecule has 1 amide bonds. The summed E-state index contributed by atoms with van der Waals surface area (Å²) < 4.78 is 18.5. The molecule has 1 saturated heterocycles. The highest BCUT2D eigenvalue weighted by molar-refractivity contribution is 5.85. The molecule has 0 bridgehead atoms. The molecule has 2 heterocycles. The van der Waals surface area contributed by atoms with Gasteiger partial charge in [0.15, 0.2) is 11.7 Å². The largest absolute Gasteiger partial charge is 0.481 e. The van der Waals surface area contributed by atoms with Crippen molar-refractivity contribution in [1.82, 2.24) is 9.88 Å². The van der Waals surface area contributed by atoms with Crippen LogP contribution in [0.1, 0.15) is 18.7 Å². The predicted octanol–water partition coefficient (Wildman–Crippen LogP) is 2.77. The highest BCUT2D eigenvalue weighted by Crippen LogP contribution is 2.22. The number of aliphatic carboxylic acids is 1. The maximum absolute atomic E-state index is 12.9. The first-order valence-electron chi connectivity index (χ1n) is 7.74. The quantitative estimate of drug-likeness (QED) is 0.877. The fourth-order valence-corrected chi connectivity index (χ4v) is 2.73. The summed E-state index contributed by atoms with van der Waals surface area (Å²) in [5.41, 5.74) is 0.713. The number of rotatable bonds is 5. The van der Waals surface area contributed by atoms with Crippen molar-refractivity contribution in [2.24, 2.45) is 5.92 Å². The topological polar surface area (TPSA) is 83.6 Å². The number of amides is 1. The van der Waals surface area contributed by atoms with Crippen LogP contribution in [0, 0.1) is 11.7 Å². The zero-order valence-electron chi connectivity index (χ0n) is 13.4. The highest BCUT2D eigenvalue weighted by Gasteiger charge is 2.30. The third-order valence-electron chi connectivity index (χ3n) is 4.13. The van der Waals surface area contributed by atoms with E-state index in [-0.39, 0.29) is 37.1 Å².